The molecule has 0 radical (unpaired) electrons. The third-order valence-electron chi connectivity index (χ3n) is 3.21. The molecule has 22 heavy (non-hydrogen) atoms. The quantitative estimate of drug-likeness (QED) is 0.861. The summed E-state index contributed by atoms with van der Waals surface area (Å²) in [6, 6.07) is 5.24. The highest BCUT2D eigenvalue weighted by atomic mass is 35.5. The summed E-state index contributed by atoms with van der Waals surface area (Å²) in [5.41, 5.74) is 1.03. The molecular weight excluding hydrogens is 327 g/mol. The van der Waals surface area contributed by atoms with E-state index in [9.17, 15) is 4.79 Å². The number of carbonyl (C=O) groups excluding carboxylic acids is 1. The number of hydrogen-bond acceptors (Lipinski definition) is 4. The van der Waals surface area contributed by atoms with Gasteiger partial charge in [0.25, 0.3) is 0 Å². The molecule has 2 rings (SSSR count). The Morgan fingerprint density at radius 2 is 2.18 bits per heavy atom. The molecule has 1 saturated heterocycles. The second-order valence-electron chi connectivity index (χ2n) is 4.97. The molecule has 118 valence electrons. The Labute approximate surface area is 139 Å². The van der Waals surface area contributed by atoms with Crippen LogP contribution < -0.4 is 5.32 Å². The highest BCUT2D eigenvalue weighted by molar-refractivity contribution is 6.39. The van der Waals surface area contributed by atoms with Crippen molar-refractivity contribution in [1.29, 1.82) is 5.26 Å². The normalized spacial score (nSPS) is 17.2. The number of amides is 1. The molecule has 7 heteroatoms. The molecule has 0 bridgehead atoms. The van der Waals surface area contributed by atoms with Crippen molar-refractivity contribution in [1.82, 2.24) is 0 Å². The molecule has 0 aliphatic carbocycles. The number of nitriles is 1. The zero-order valence-corrected chi connectivity index (χ0v) is 13.4. The molecular formula is C15H16Cl2N2O3. The molecule has 1 atom stereocenters. The molecule has 0 aromatic heterocycles. The number of rotatable bonds is 6. The number of carbonyl (C=O) groups is 1. The van der Waals surface area contributed by atoms with Crippen LogP contribution in [0.5, 0.6) is 0 Å². The van der Waals surface area contributed by atoms with Crippen molar-refractivity contribution in [2.45, 2.75) is 25.4 Å². The largest absolute Gasteiger partial charge is 0.376 e. The van der Waals surface area contributed by atoms with Crippen LogP contribution in [0.4, 0.5) is 5.69 Å². The fourth-order valence-electron chi connectivity index (χ4n) is 2.17. The SMILES string of the molecule is N#CCc1cc(Cl)c(NC(=O)COCC2CCCO2)c(Cl)c1. The van der Waals surface area contributed by atoms with E-state index >= 15 is 0 Å². The molecule has 1 unspecified atom stereocenters. The number of nitrogens with one attached hydrogen (secondary N) is 1. The van der Waals surface area contributed by atoms with E-state index in [1.165, 1.54) is 0 Å². The highest BCUT2D eigenvalue weighted by Gasteiger charge is 2.17. The van der Waals surface area contributed by atoms with Crippen molar-refractivity contribution < 1.29 is 14.3 Å². The van der Waals surface area contributed by atoms with E-state index in [0.29, 0.717) is 27.9 Å². The number of nitrogens with zero attached hydrogens (tertiary/aromatic N) is 1. The molecule has 1 N–H and O–H groups in total. The molecule has 5 nitrogen and oxygen atoms in total. The minimum Gasteiger partial charge on any atom is -0.376 e. The van der Waals surface area contributed by atoms with Crippen LogP contribution in [0, 0.1) is 11.3 Å². The van der Waals surface area contributed by atoms with Crippen molar-refractivity contribution in [3.63, 3.8) is 0 Å². The number of anilines is 1. The Bertz CT molecular complexity index is 558. The molecule has 0 spiro atoms. The van der Waals surface area contributed by atoms with Gasteiger partial charge < -0.3 is 14.8 Å². The summed E-state index contributed by atoms with van der Waals surface area (Å²) in [6.45, 7) is 1.06. The summed E-state index contributed by atoms with van der Waals surface area (Å²) in [5.74, 6) is -0.338. The molecule has 1 aliphatic heterocycles. The summed E-state index contributed by atoms with van der Waals surface area (Å²) < 4.78 is 10.7. The maximum Gasteiger partial charge on any atom is 0.250 e. The van der Waals surface area contributed by atoms with Crippen LogP contribution in [0.25, 0.3) is 0 Å². The first-order valence-electron chi connectivity index (χ1n) is 6.94. The Morgan fingerprint density at radius 1 is 1.45 bits per heavy atom. The van der Waals surface area contributed by atoms with Crippen LogP contribution >= 0.6 is 23.2 Å². The molecule has 1 aliphatic rings. The number of benzene rings is 1. The van der Waals surface area contributed by atoms with E-state index in [4.69, 9.17) is 37.9 Å². The van der Waals surface area contributed by atoms with Crippen molar-refractivity contribution in [3.8, 4) is 6.07 Å². The fourth-order valence-corrected chi connectivity index (χ4v) is 2.80. The van der Waals surface area contributed by atoms with E-state index < -0.39 is 0 Å². The summed E-state index contributed by atoms with van der Waals surface area (Å²) in [4.78, 5) is 11.9. The van der Waals surface area contributed by atoms with Crippen LogP contribution in [0.1, 0.15) is 18.4 Å². The van der Waals surface area contributed by atoms with Crippen LogP contribution in [0.3, 0.4) is 0 Å². The fraction of sp³-hybridized carbons (Fsp3) is 0.467. The summed E-state index contributed by atoms with van der Waals surface area (Å²) in [7, 11) is 0. The van der Waals surface area contributed by atoms with Gasteiger partial charge in [0.05, 0.1) is 40.9 Å². The maximum atomic E-state index is 11.9. The smallest absolute Gasteiger partial charge is 0.250 e. The van der Waals surface area contributed by atoms with Gasteiger partial charge in [0.15, 0.2) is 0 Å². The van der Waals surface area contributed by atoms with E-state index in [1.807, 2.05) is 6.07 Å². The second kappa shape index (κ2) is 8.35. The molecule has 1 aromatic rings. The Kier molecular flexibility index (Phi) is 6.47. The number of ether oxygens (including phenoxy) is 2. The zero-order valence-electron chi connectivity index (χ0n) is 11.9. The second-order valence-corrected chi connectivity index (χ2v) is 5.78. The van der Waals surface area contributed by atoms with Gasteiger partial charge in [-0.15, -0.1) is 0 Å². The lowest BCUT2D eigenvalue weighted by molar-refractivity contribution is -0.121. The van der Waals surface area contributed by atoms with Crippen LogP contribution in [-0.2, 0) is 20.7 Å². The average molecular weight is 343 g/mol. The van der Waals surface area contributed by atoms with Crippen molar-refractivity contribution >= 4 is 34.8 Å². The predicted molar refractivity (Wildman–Crippen MR) is 84.2 cm³/mol. The third kappa shape index (κ3) is 4.85. The molecule has 0 saturated carbocycles. The Hall–Kier alpha value is -1.32. The molecule has 1 heterocycles. The van der Waals surface area contributed by atoms with Gasteiger partial charge in [0, 0.05) is 6.61 Å². The van der Waals surface area contributed by atoms with Gasteiger partial charge in [-0.25, -0.2) is 0 Å². The standard InChI is InChI=1S/C15H16Cl2N2O3/c16-12-6-10(3-4-18)7-13(17)15(12)19-14(20)9-21-8-11-2-1-5-22-11/h6-7,11H,1-3,5,8-9H2,(H,19,20). The summed E-state index contributed by atoms with van der Waals surface area (Å²) in [5, 5.41) is 11.9. The van der Waals surface area contributed by atoms with Crippen LogP contribution in [0.15, 0.2) is 12.1 Å². The summed E-state index contributed by atoms with van der Waals surface area (Å²) in [6.07, 6.45) is 2.27. The van der Waals surface area contributed by atoms with E-state index in [2.05, 4.69) is 5.32 Å². The van der Waals surface area contributed by atoms with Crippen molar-refractivity contribution in [2.24, 2.45) is 0 Å². The Morgan fingerprint density at radius 3 is 2.77 bits per heavy atom. The topological polar surface area (TPSA) is 71.4 Å². The average Bonchev–Trinajstić information content (AvgIpc) is 2.96. The minimum atomic E-state index is -0.338. The monoisotopic (exact) mass is 342 g/mol. The third-order valence-corrected chi connectivity index (χ3v) is 3.81. The first kappa shape index (κ1) is 17.0. The lowest BCUT2D eigenvalue weighted by Crippen LogP contribution is -2.22. The lowest BCUT2D eigenvalue weighted by Gasteiger charge is -2.12. The predicted octanol–water partition coefficient (Wildman–Crippen LogP) is 3.19. The first-order valence-corrected chi connectivity index (χ1v) is 7.70. The van der Waals surface area contributed by atoms with E-state index in [0.717, 1.165) is 19.4 Å². The van der Waals surface area contributed by atoms with Gasteiger partial charge in [0.1, 0.15) is 6.61 Å². The maximum absolute atomic E-state index is 11.9. The molecule has 1 amide bonds. The van der Waals surface area contributed by atoms with Gasteiger partial charge in [-0.2, -0.15) is 5.26 Å². The van der Waals surface area contributed by atoms with Crippen molar-refractivity contribution in [3.05, 3.63) is 27.7 Å². The molecule has 1 fully saturated rings. The number of halogens is 2. The van der Waals surface area contributed by atoms with Crippen molar-refractivity contribution in [2.75, 3.05) is 25.1 Å². The minimum absolute atomic E-state index is 0.0743. The Balaban J connectivity index is 1.86. The zero-order chi connectivity index (χ0) is 15.9. The number of hydrogen-bond donors (Lipinski definition) is 1. The molecule has 1 aromatic carbocycles. The van der Waals surface area contributed by atoms with Crippen LogP contribution in [-0.4, -0.2) is 31.8 Å². The highest BCUT2D eigenvalue weighted by Crippen LogP contribution is 2.32. The van der Waals surface area contributed by atoms with Gasteiger partial charge in [-0.1, -0.05) is 23.2 Å². The van der Waals surface area contributed by atoms with Gasteiger partial charge in [-0.05, 0) is 30.5 Å². The van der Waals surface area contributed by atoms with Gasteiger partial charge in [-0.3, -0.25) is 4.79 Å². The first-order chi connectivity index (χ1) is 10.6. The van der Waals surface area contributed by atoms with E-state index in [1.54, 1.807) is 12.1 Å². The summed E-state index contributed by atoms with van der Waals surface area (Å²) >= 11 is 12.2. The van der Waals surface area contributed by atoms with Gasteiger partial charge >= 0.3 is 0 Å². The lowest BCUT2D eigenvalue weighted by atomic mass is 10.1. The van der Waals surface area contributed by atoms with Crippen LogP contribution in [0.2, 0.25) is 10.0 Å². The van der Waals surface area contributed by atoms with E-state index in [-0.39, 0.29) is 25.0 Å². The van der Waals surface area contributed by atoms with Gasteiger partial charge in [0.2, 0.25) is 5.91 Å².